The van der Waals surface area contributed by atoms with Gasteiger partial charge >= 0.3 is 6.55 Å². The summed E-state index contributed by atoms with van der Waals surface area (Å²) in [6.45, 7) is -2.55. The molecule has 0 aliphatic rings. The Labute approximate surface area is 112 Å². The molecule has 2 aromatic rings. The number of aromatic nitrogens is 3. The highest BCUT2D eigenvalue weighted by Gasteiger charge is 2.14. The zero-order valence-electron chi connectivity index (χ0n) is 10.5. The van der Waals surface area contributed by atoms with Crippen LogP contribution >= 0.6 is 0 Å². The number of halogens is 2. The van der Waals surface area contributed by atoms with E-state index in [1.807, 2.05) is 0 Å². The van der Waals surface area contributed by atoms with Gasteiger partial charge in [-0.1, -0.05) is 0 Å². The Hall–Kier alpha value is -2.58. The zero-order valence-corrected chi connectivity index (χ0v) is 10.5. The number of nitro groups is 1. The molecule has 2 rings (SSSR count). The molecule has 20 heavy (non-hydrogen) atoms. The number of hydrogen-bond acceptors (Lipinski definition) is 5. The van der Waals surface area contributed by atoms with Gasteiger partial charge in [-0.05, 0) is 6.07 Å². The lowest BCUT2D eigenvalue weighted by atomic mass is 10.4. The molecule has 9 heteroatoms. The number of imidazole rings is 1. The van der Waals surface area contributed by atoms with E-state index in [1.54, 1.807) is 11.9 Å². The van der Waals surface area contributed by atoms with Crippen LogP contribution in [0.1, 0.15) is 12.4 Å². The van der Waals surface area contributed by atoms with Crippen molar-refractivity contribution in [3.05, 3.63) is 46.7 Å². The van der Waals surface area contributed by atoms with E-state index in [-0.39, 0.29) is 18.1 Å². The summed E-state index contributed by atoms with van der Waals surface area (Å²) >= 11 is 0. The summed E-state index contributed by atoms with van der Waals surface area (Å²) < 4.78 is 26.1. The molecule has 2 aromatic heterocycles. The summed E-state index contributed by atoms with van der Waals surface area (Å²) in [5.41, 5.74) is -0.128. The molecule has 0 fully saturated rings. The van der Waals surface area contributed by atoms with E-state index < -0.39 is 11.5 Å². The van der Waals surface area contributed by atoms with Crippen LogP contribution < -0.4 is 4.90 Å². The van der Waals surface area contributed by atoms with Crippen molar-refractivity contribution in [2.24, 2.45) is 0 Å². The summed E-state index contributed by atoms with van der Waals surface area (Å²) in [7, 11) is 1.64. The third kappa shape index (κ3) is 2.87. The number of pyridine rings is 1. The second-order valence-electron chi connectivity index (χ2n) is 4.02. The van der Waals surface area contributed by atoms with Crippen molar-refractivity contribution in [3.63, 3.8) is 0 Å². The normalized spacial score (nSPS) is 10.8. The summed E-state index contributed by atoms with van der Waals surface area (Å²) in [5.74, 6) is 0.613. The Morgan fingerprint density at radius 3 is 2.75 bits per heavy atom. The van der Waals surface area contributed by atoms with Crippen LogP contribution in [0.5, 0.6) is 0 Å². The van der Waals surface area contributed by atoms with Crippen molar-refractivity contribution >= 4 is 11.5 Å². The van der Waals surface area contributed by atoms with Crippen LogP contribution in [0.3, 0.4) is 0 Å². The van der Waals surface area contributed by atoms with Gasteiger partial charge in [0.1, 0.15) is 17.8 Å². The van der Waals surface area contributed by atoms with Crippen molar-refractivity contribution in [2.75, 3.05) is 11.9 Å². The van der Waals surface area contributed by atoms with Crippen LogP contribution in [-0.4, -0.2) is 26.5 Å². The van der Waals surface area contributed by atoms with Crippen LogP contribution in [0.25, 0.3) is 0 Å². The molecule has 0 saturated carbocycles. The van der Waals surface area contributed by atoms with Crippen LogP contribution in [0.4, 0.5) is 20.3 Å². The van der Waals surface area contributed by atoms with Crippen molar-refractivity contribution in [2.45, 2.75) is 13.1 Å². The molecule has 2 heterocycles. The van der Waals surface area contributed by atoms with Crippen molar-refractivity contribution in [3.8, 4) is 0 Å². The van der Waals surface area contributed by atoms with Gasteiger partial charge in [-0.15, -0.1) is 0 Å². The first-order chi connectivity index (χ1) is 9.49. The topological polar surface area (TPSA) is 77.1 Å². The van der Waals surface area contributed by atoms with E-state index in [0.717, 1.165) is 10.8 Å². The highest BCUT2D eigenvalue weighted by molar-refractivity contribution is 5.42. The average molecular weight is 283 g/mol. The lowest BCUT2D eigenvalue weighted by Crippen LogP contribution is -2.20. The van der Waals surface area contributed by atoms with Crippen LogP contribution in [0.2, 0.25) is 0 Å². The number of hydrogen-bond donors (Lipinski definition) is 0. The number of alkyl halides is 2. The van der Waals surface area contributed by atoms with Gasteiger partial charge in [0.25, 0.3) is 5.69 Å². The molecule has 0 spiro atoms. The molecule has 106 valence electrons. The van der Waals surface area contributed by atoms with Crippen LogP contribution in [-0.2, 0) is 6.54 Å². The highest BCUT2D eigenvalue weighted by atomic mass is 19.3. The first-order valence-corrected chi connectivity index (χ1v) is 5.60. The molecule has 0 N–H and O–H groups in total. The van der Waals surface area contributed by atoms with E-state index in [2.05, 4.69) is 9.97 Å². The fourth-order valence-electron chi connectivity index (χ4n) is 1.65. The minimum Gasteiger partial charge on any atom is -0.352 e. The lowest BCUT2D eigenvalue weighted by molar-refractivity contribution is -0.385. The summed E-state index contributed by atoms with van der Waals surface area (Å²) in [6.07, 6.45) is 3.60. The van der Waals surface area contributed by atoms with Gasteiger partial charge in [0.15, 0.2) is 0 Å². The van der Waals surface area contributed by atoms with Gasteiger partial charge < -0.3 is 4.90 Å². The Bertz CT molecular complexity index is 599. The van der Waals surface area contributed by atoms with Gasteiger partial charge in [0.05, 0.1) is 11.5 Å². The van der Waals surface area contributed by atoms with Crippen LogP contribution in [0.15, 0.2) is 30.7 Å². The van der Waals surface area contributed by atoms with Crippen molar-refractivity contribution < 1.29 is 13.7 Å². The third-order valence-corrected chi connectivity index (χ3v) is 2.67. The monoisotopic (exact) mass is 283 g/mol. The SMILES string of the molecule is CN(Cc1nccn1C(F)F)c1ccc([N+](=O)[O-])cn1. The highest BCUT2D eigenvalue weighted by Crippen LogP contribution is 2.18. The second-order valence-corrected chi connectivity index (χ2v) is 4.02. The first kappa shape index (κ1) is 13.8. The second kappa shape index (κ2) is 5.59. The van der Waals surface area contributed by atoms with Crippen molar-refractivity contribution in [1.29, 1.82) is 0 Å². The van der Waals surface area contributed by atoms with E-state index in [1.165, 1.54) is 24.5 Å². The fraction of sp³-hybridized carbons (Fsp3) is 0.273. The summed E-state index contributed by atoms with van der Waals surface area (Å²) in [5, 5.41) is 10.5. The van der Waals surface area contributed by atoms with E-state index in [9.17, 15) is 18.9 Å². The van der Waals surface area contributed by atoms with Gasteiger partial charge in [-0.2, -0.15) is 8.78 Å². The molecular formula is C11H11F2N5O2. The third-order valence-electron chi connectivity index (χ3n) is 2.67. The van der Waals surface area contributed by atoms with Gasteiger partial charge in [-0.25, -0.2) is 9.97 Å². The molecule has 0 aliphatic heterocycles. The Morgan fingerprint density at radius 2 is 2.20 bits per heavy atom. The molecule has 0 amide bonds. The minimum absolute atomic E-state index is 0.113. The molecule has 0 bridgehead atoms. The molecule has 0 aromatic carbocycles. The predicted octanol–water partition coefficient (Wildman–Crippen LogP) is 2.22. The van der Waals surface area contributed by atoms with Crippen molar-refractivity contribution in [1.82, 2.24) is 14.5 Å². The van der Waals surface area contributed by atoms with Gasteiger partial charge in [0, 0.05) is 25.5 Å². The standard InChI is InChI=1S/C11H11F2N5O2/c1-16(7-10-14-4-5-17(10)11(12)13)9-3-2-8(6-15-9)18(19)20/h2-6,11H,7H2,1H3. The molecule has 0 aliphatic carbocycles. The Morgan fingerprint density at radius 1 is 1.45 bits per heavy atom. The molecule has 0 radical (unpaired) electrons. The predicted molar refractivity (Wildman–Crippen MR) is 66.5 cm³/mol. The van der Waals surface area contributed by atoms with Gasteiger partial charge in [0.2, 0.25) is 0 Å². The Balaban J connectivity index is 2.13. The number of nitrogens with zero attached hydrogens (tertiary/aromatic N) is 5. The molecule has 0 saturated heterocycles. The fourth-order valence-corrected chi connectivity index (χ4v) is 1.65. The quantitative estimate of drug-likeness (QED) is 0.621. The largest absolute Gasteiger partial charge is 0.352 e. The molecular weight excluding hydrogens is 272 g/mol. The number of rotatable bonds is 5. The average Bonchev–Trinajstić information content (AvgIpc) is 2.87. The van der Waals surface area contributed by atoms with Crippen LogP contribution in [0, 0.1) is 10.1 Å². The summed E-state index contributed by atoms with van der Waals surface area (Å²) in [4.78, 5) is 19.3. The number of anilines is 1. The maximum absolute atomic E-state index is 12.7. The molecule has 0 unspecified atom stereocenters. The Kier molecular flexibility index (Phi) is 3.87. The zero-order chi connectivity index (χ0) is 14.7. The molecule has 0 atom stereocenters. The maximum atomic E-state index is 12.7. The molecule has 7 nitrogen and oxygen atoms in total. The lowest BCUT2D eigenvalue weighted by Gasteiger charge is -2.18. The maximum Gasteiger partial charge on any atom is 0.319 e. The van der Waals surface area contributed by atoms with Gasteiger partial charge in [-0.3, -0.25) is 14.7 Å². The first-order valence-electron chi connectivity index (χ1n) is 5.60. The smallest absolute Gasteiger partial charge is 0.319 e. The van der Waals surface area contributed by atoms with E-state index in [4.69, 9.17) is 0 Å². The summed E-state index contributed by atoms with van der Waals surface area (Å²) in [6, 6.07) is 2.76. The minimum atomic E-state index is -2.66. The van der Waals surface area contributed by atoms with E-state index >= 15 is 0 Å². The van der Waals surface area contributed by atoms with E-state index in [0.29, 0.717) is 5.82 Å².